The Kier molecular flexibility index (Phi) is 6.38. The highest BCUT2D eigenvalue weighted by molar-refractivity contribution is 6.30. The molecule has 0 radical (unpaired) electrons. The molecule has 1 aliphatic rings. The maximum Gasteiger partial charge on any atom is 0.201 e. The number of piperazine rings is 1. The molecule has 3 aromatic carbocycles. The summed E-state index contributed by atoms with van der Waals surface area (Å²) in [7, 11) is 0. The zero-order valence-corrected chi connectivity index (χ0v) is 19.7. The van der Waals surface area contributed by atoms with Crippen LogP contribution >= 0.6 is 11.6 Å². The van der Waals surface area contributed by atoms with Crippen molar-refractivity contribution in [1.29, 1.82) is 0 Å². The summed E-state index contributed by atoms with van der Waals surface area (Å²) < 4.78 is 6.06. The van der Waals surface area contributed by atoms with Crippen molar-refractivity contribution >= 4 is 22.6 Å². The summed E-state index contributed by atoms with van der Waals surface area (Å²) in [6, 6.07) is 16.7. The highest BCUT2D eigenvalue weighted by Gasteiger charge is 2.24. The maximum atomic E-state index is 13.5. The Morgan fingerprint density at radius 3 is 2.09 bits per heavy atom. The number of fused-ring (bicyclic) bond motifs is 1. The maximum absolute atomic E-state index is 13.5. The molecule has 0 saturated carbocycles. The number of phenolic OH excluding ortho intramolecular Hbond substituents is 3. The molecule has 0 spiro atoms. The van der Waals surface area contributed by atoms with Crippen LogP contribution < -0.4 is 5.43 Å². The van der Waals surface area contributed by atoms with Crippen molar-refractivity contribution in [3.8, 4) is 28.6 Å². The van der Waals surface area contributed by atoms with Crippen molar-refractivity contribution in [1.82, 2.24) is 9.80 Å². The Bertz CT molecular complexity index is 1410. The zero-order chi connectivity index (χ0) is 24.5. The number of nitrogens with zero attached hydrogens (tertiary/aromatic N) is 2. The molecular weight excluding hydrogens is 468 g/mol. The van der Waals surface area contributed by atoms with Crippen molar-refractivity contribution < 1.29 is 19.7 Å². The van der Waals surface area contributed by atoms with Gasteiger partial charge in [-0.2, -0.15) is 0 Å². The average molecular weight is 493 g/mol. The fraction of sp³-hybridized carbons (Fsp3) is 0.222. The van der Waals surface area contributed by atoms with E-state index in [-0.39, 0.29) is 33.6 Å². The number of benzene rings is 3. The lowest BCUT2D eigenvalue weighted by atomic mass is 10.0. The quantitative estimate of drug-likeness (QED) is 0.376. The Hall–Kier alpha value is -3.52. The van der Waals surface area contributed by atoms with Crippen molar-refractivity contribution in [3.63, 3.8) is 0 Å². The number of halogens is 1. The van der Waals surface area contributed by atoms with Gasteiger partial charge in [0.05, 0.1) is 5.56 Å². The fourth-order valence-corrected chi connectivity index (χ4v) is 4.61. The molecule has 2 heterocycles. The normalized spacial score (nSPS) is 15.0. The Morgan fingerprint density at radius 1 is 0.800 bits per heavy atom. The van der Waals surface area contributed by atoms with Crippen molar-refractivity contribution in [2.24, 2.45) is 0 Å². The number of hydrogen-bond acceptors (Lipinski definition) is 7. The minimum atomic E-state index is -0.338. The predicted molar refractivity (Wildman–Crippen MR) is 135 cm³/mol. The first-order valence-electron chi connectivity index (χ1n) is 11.4. The third-order valence-electron chi connectivity index (χ3n) is 6.35. The van der Waals surface area contributed by atoms with Crippen LogP contribution in [0.3, 0.4) is 0 Å². The monoisotopic (exact) mass is 492 g/mol. The van der Waals surface area contributed by atoms with E-state index in [0.29, 0.717) is 23.4 Å². The largest absolute Gasteiger partial charge is 0.508 e. The standard InChI is InChI=1S/C27H25ClN2O5/c28-19-5-1-17(2-6-19)15-29-9-11-30(12-10-29)16-22-26(34)25-23(33)13-21(32)14-24(25)35-27(22)18-3-7-20(31)8-4-18/h1-8,13-14,31-33H,9-12,15-16H2. The summed E-state index contributed by atoms with van der Waals surface area (Å²) in [6.45, 7) is 4.40. The molecule has 5 rings (SSSR count). The number of aromatic hydroxyl groups is 3. The number of hydrogen-bond donors (Lipinski definition) is 3. The first-order chi connectivity index (χ1) is 16.9. The molecule has 7 nitrogen and oxygen atoms in total. The lowest BCUT2D eigenvalue weighted by Gasteiger charge is -2.34. The van der Waals surface area contributed by atoms with E-state index in [9.17, 15) is 20.1 Å². The Labute approximate surface area is 207 Å². The highest BCUT2D eigenvalue weighted by atomic mass is 35.5. The molecule has 35 heavy (non-hydrogen) atoms. The summed E-state index contributed by atoms with van der Waals surface area (Å²) in [4.78, 5) is 18.1. The van der Waals surface area contributed by atoms with Crippen molar-refractivity contribution in [3.05, 3.63) is 87.0 Å². The Morgan fingerprint density at radius 2 is 1.43 bits per heavy atom. The van der Waals surface area contributed by atoms with Crippen LogP contribution in [-0.2, 0) is 13.1 Å². The molecule has 0 bridgehead atoms. The van der Waals surface area contributed by atoms with E-state index in [0.717, 1.165) is 43.8 Å². The average Bonchev–Trinajstić information content (AvgIpc) is 2.83. The van der Waals surface area contributed by atoms with Gasteiger partial charge in [0.25, 0.3) is 0 Å². The van der Waals surface area contributed by atoms with E-state index in [1.165, 1.54) is 23.8 Å². The van der Waals surface area contributed by atoms with Crippen LogP contribution in [0, 0.1) is 0 Å². The van der Waals surface area contributed by atoms with E-state index >= 15 is 0 Å². The Balaban J connectivity index is 1.42. The molecule has 1 aromatic heterocycles. The lowest BCUT2D eigenvalue weighted by molar-refractivity contribution is 0.121. The summed E-state index contributed by atoms with van der Waals surface area (Å²) >= 11 is 5.99. The van der Waals surface area contributed by atoms with E-state index in [2.05, 4.69) is 9.80 Å². The van der Waals surface area contributed by atoms with Crippen LogP contribution in [0.15, 0.2) is 69.9 Å². The molecule has 4 aromatic rings. The van der Waals surface area contributed by atoms with Crippen LogP contribution in [0.25, 0.3) is 22.3 Å². The van der Waals surface area contributed by atoms with Gasteiger partial charge in [0.2, 0.25) is 5.43 Å². The molecule has 1 aliphatic heterocycles. The third-order valence-corrected chi connectivity index (χ3v) is 6.60. The van der Waals surface area contributed by atoms with Gasteiger partial charge in [-0.1, -0.05) is 23.7 Å². The van der Waals surface area contributed by atoms with E-state index in [4.69, 9.17) is 16.0 Å². The van der Waals surface area contributed by atoms with Gasteiger partial charge >= 0.3 is 0 Å². The molecule has 1 fully saturated rings. The molecule has 180 valence electrons. The molecule has 0 unspecified atom stereocenters. The molecule has 0 atom stereocenters. The van der Waals surface area contributed by atoms with Gasteiger partial charge in [-0.15, -0.1) is 0 Å². The third kappa shape index (κ3) is 4.98. The molecule has 0 amide bonds. The summed E-state index contributed by atoms with van der Waals surface area (Å²) in [5.41, 5.74) is 2.02. The summed E-state index contributed by atoms with van der Waals surface area (Å²) in [6.07, 6.45) is 0. The second-order valence-corrected chi connectivity index (χ2v) is 9.24. The first-order valence-corrected chi connectivity index (χ1v) is 11.8. The fourth-order valence-electron chi connectivity index (χ4n) is 4.49. The second-order valence-electron chi connectivity index (χ2n) is 8.80. The minimum absolute atomic E-state index is 0.0432. The van der Waals surface area contributed by atoms with E-state index < -0.39 is 0 Å². The van der Waals surface area contributed by atoms with E-state index in [1.807, 2.05) is 24.3 Å². The van der Waals surface area contributed by atoms with Crippen LogP contribution in [0.5, 0.6) is 17.2 Å². The summed E-state index contributed by atoms with van der Waals surface area (Å²) in [5, 5.41) is 30.7. The topological polar surface area (TPSA) is 97.4 Å². The van der Waals surface area contributed by atoms with Gasteiger partial charge < -0.3 is 19.7 Å². The van der Waals surface area contributed by atoms with Crippen LogP contribution in [0.1, 0.15) is 11.1 Å². The van der Waals surface area contributed by atoms with Gasteiger partial charge in [0.15, 0.2) is 0 Å². The molecule has 0 aliphatic carbocycles. The van der Waals surface area contributed by atoms with Gasteiger partial charge in [0, 0.05) is 62.0 Å². The summed E-state index contributed by atoms with van der Waals surface area (Å²) in [5.74, 6) is -0.0546. The van der Waals surface area contributed by atoms with Crippen molar-refractivity contribution in [2.75, 3.05) is 26.2 Å². The number of phenols is 3. The van der Waals surface area contributed by atoms with Crippen LogP contribution in [0.4, 0.5) is 0 Å². The van der Waals surface area contributed by atoms with Crippen LogP contribution in [-0.4, -0.2) is 51.3 Å². The van der Waals surface area contributed by atoms with Crippen LogP contribution in [0.2, 0.25) is 5.02 Å². The predicted octanol–water partition coefficient (Wildman–Crippen LogP) is 4.55. The molecule has 8 heteroatoms. The van der Waals surface area contributed by atoms with Gasteiger partial charge in [-0.25, -0.2) is 0 Å². The lowest BCUT2D eigenvalue weighted by Crippen LogP contribution is -2.45. The van der Waals surface area contributed by atoms with Gasteiger partial charge in [-0.05, 0) is 42.0 Å². The first kappa shape index (κ1) is 23.2. The van der Waals surface area contributed by atoms with E-state index in [1.54, 1.807) is 12.1 Å². The zero-order valence-electron chi connectivity index (χ0n) is 18.9. The van der Waals surface area contributed by atoms with Crippen molar-refractivity contribution in [2.45, 2.75) is 13.1 Å². The van der Waals surface area contributed by atoms with Gasteiger partial charge in [0.1, 0.15) is 34.0 Å². The molecule has 1 saturated heterocycles. The van der Waals surface area contributed by atoms with Gasteiger partial charge in [-0.3, -0.25) is 14.6 Å². The number of rotatable bonds is 5. The molecule has 3 N–H and O–H groups in total. The minimum Gasteiger partial charge on any atom is -0.508 e. The molecular formula is C27H25ClN2O5. The SMILES string of the molecule is O=c1c(CN2CCN(Cc3ccc(Cl)cc3)CC2)c(-c2ccc(O)cc2)oc2cc(O)cc(O)c12. The second kappa shape index (κ2) is 9.62. The smallest absolute Gasteiger partial charge is 0.201 e. The highest BCUT2D eigenvalue weighted by Crippen LogP contribution is 2.33.